The Morgan fingerprint density at radius 2 is 1.67 bits per heavy atom. The number of fused-ring (bicyclic) bond motifs is 1. The monoisotopic (exact) mass is 299 g/mol. The van der Waals surface area contributed by atoms with E-state index in [2.05, 4.69) is 60.4 Å². The van der Waals surface area contributed by atoms with Gasteiger partial charge in [-0.2, -0.15) is 0 Å². The third-order valence-corrected chi connectivity index (χ3v) is 5.06. The first-order valence-electron chi connectivity index (χ1n) is 5.91. The molecule has 3 aromatic rings. The predicted octanol–water partition coefficient (Wildman–Crippen LogP) is 2.20. The van der Waals surface area contributed by atoms with E-state index in [4.69, 9.17) is 0 Å². The van der Waals surface area contributed by atoms with Crippen LogP contribution in [0.3, 0.4) is 0 Å². The van der Waals surface area contributed by atoms with E-state index in [9.17, 15) is 0 Å². The van der Waals surface area contributed by atoms with E-state index in [1.54, 1.807) is 0 Å². The van der Waals surface area contributed by atoms with Gasteiger partial charge in [0.2, 0.25) is 0 Å². The molecule has 18 heavy (non-hydrogen) atoms. The normalized spacial score (nSPS) is 10.7. The number of benzene rings is 2. The van der Waals surface area contributed by atoms with Gasteiger partial charge in [-0.3, -0.25) is 0 Å². The van der Waals surface area contributed by atoms with Gasteiger partial charge in [-0.1, -0.05) is 0 Å². The minimum atomic E-state index is 0.321. The zero-order chi connectivity index (χ0) is 12.4. The summed E-state index contributed by atoms with van der Waals surface area (Å²) in [5.74, 6) is 0. The van der Waals surface area contributed by atoms with Gasteiger partial charge in [-0.05, 0) is 0 Å². The van der Waals surface area contributed by atoms with E-state index < -0.39 is 0 Å². The quantitative estimate of drug-likeness (QED) is 0.661. The Kier molecular flexibility index (Phi) is 3.14. The fourth-order valence-corrected chi connectivity index (χ4v) is 3.86. The second-order valence-corrected chi connectivity index (χ2v) is 6.59. The molecular weight excluding hydrogens is 285 g/mol. The Morgan fingerprint density at radius 3 is 2.50 bits per heavy atom. The Hall–Kier alpha value is -1.63. The van der Waals surface area contributed by atoms with Crippen LogP contribution in [0.4, 0.5) is 0 Å². The molecule has 0 aliphatic heterocycles. The van der Waals surface area contributed by atoms with Crippen molar-refractivity contribution in [3.05, 3.63) is 66.4 Å². The van der Waals surface area contributed by atoms with Crippen LogP contribution >= 0.6 is 0 Å². The van der Waals surface area contributed by atoms with Crippen molar-refractivity contribution < 1.29 is 0 Å². The predicted molar refractivity (Wildman–Crippen MR) is 77.9 cm³/mol. The minimum absolute atomic E-state index is 0.321. The summed E-state index contributed by atoms with van der Waals surface area (Å²) in [6.07, 6.45) is 1.87. The van der Waals surface area contributed by atoms with Crippen LogP contribution in [-0.4, -0.2) is 19.9 Å². The second-order valence-electron chi connectivity index (χ2n) is 4.25. The van der Waals surface area contributed by atoms with E-state index in [1.165, 1.54) is 19.9 Å². The van der Waals surface area contributed by atoms with Gasteiger partial charge in [0.25, 0.3) is 0 Å². The zero-order valence-corrected chi connectivity index (χ0v) is 11.8. The van der Waals surface area contributed by atoms with E-state index in [-0.39, 0.29) is 0 Å². The van der Waals surface area contributed by atoms with Gasteiger partial charge in [0, 0.05) is 0 Å². The molecule has 0 fully saturated rings. The van der Waals surface area contributed by atoms with Crippen LogP contribution in [0.1, 0.15) is 5.56 Å². The molecule has 88 valence electrons. The standard InChI is InChI=1S/C16H13NSe/c1-12-7-9-14(10-8-12)18-15-6-2-4-13-5-3-11-17-16(13)15/h2-11H,1H3. The van der Waals surface area contributed by atoms with Crippen LogP contribution in [0.2, 0.25) is 0 Å². The van der Waals surface area contributed by atoms with Gasteiger partial charge < -0.3 is 0 Å². The second kappa shape index (κ2) is 4.93. The molecule has 0 bridgehead atoms. The maximum absolute atomic E-state index is 4.51. The average Bonchev–Trinajstić information content (AvgIpc) is 2.42. The van der Waals surface area contributed by atoms with Crippen molar-refractivity contribution in [2.75, 3.05) is 0 Å². The Bertz CT molecular complexity index is 669. The number of hydrogen-bond acceptors (Lipinski definition) is 1. The molecule has 0 saturated heterocycles. The first-order chi connectivity index (χ1) is 8.83. The number of para-hydroxylation sites is 1. The van der Waals surface area contributed by atoms with E-state index in [0.717, 1.165) is 5.52 Å². The first kappa shape index (κ1) is 11.5. The fraction of sp³-hybridized carbons (Fsp3) is 0.0625. The van der Waals surface area contributed by atoms with Crippen molar-refractivity contribution in [3.63, 3.8) is 0 Å². The van der Waals surface area contributed by atoms with Crippen LogP contribution in [0.15, 0.2) is 60.8 Å². The summed E-state index contributed by atoms with van der Waals surface area (Å²) in [6.45, 7) is 2.12. The van der Waals surface area contributed by atoms with Crippen LogP contribution in [0, 0.1) is 6.92 Å². The molecule has 0 radical (unpaired) electrons. The molecule has 0 spiro atoms. The molecule has 0 amide bonds. The van der Waals surface area contributed by atoms with Crippen LogP contribution < -0.4 is 8.92 Å². The number of hydrogen-bond donors (Lipinski definition) is 0. The Balaban J connectivity index is 2.02. The molecule has 0 aliphatic carbocycles. The van der Waals surface area contributed by atoms with Crippen LogP contribution in [0.25, 0.3) is 10.9 Å². The zero-order valence-electron chi connectivity index (χ0n) is 10.1. The SMILES string of the molecule is Cc1ccc([Se]c2cccc3cccnc23)cc1. The number of aryl methyl sites for hydroxylation is 1. The van der Waals surface area contributed by atoms with Gasteiger partial charge in [-0.15, -0.1) is 0 Å². The Morgan fingerprint density at radius 1 is 0.889 bits per heavy atom. The van der Waals surface area contributed by atoms with Crippen molar-refractivity contribution in [1.29, 1.82) is 0 Å². The van der Waals surface area contributed by atoms with Crippen molar-refractivity contribution in [3.8, 4) is 0 Å². The third-order valence-electron chi connectivity index (χ3n) is 2.84. The summed E-state index contributed by atoms with van der Waals surface area (Å²) >= 11 is 0.321. The van der Waals surface area contributed by atoms with Crippen molar-refractivity contribution in [2.24, 2.45) is 0 Å². The molecular formula is C16H13NSe. The summed E-state index contributed by atoms with van der Waals surface area (Å²) in [5.41, 5.74) is 2.45. The van der Waals surface area contributed by atoms with Gasteiger partial charge in [0.1, 0.15) is 0 Å². The molecule has 2 heteroatoms. The number of nitrogens with zero attached hydrogens (tertiary/aromatic N) is 1. The van der Waals surface area contributed by atoms with Gasteiger partial charge >= 0.3 is 113 Å². The van der Waals surface area contributed by atoms with Gasteiger partial charge in [0.15, 0.2) is 0 Å². The molecule has 2 aromatic carbocycles. The molecule has 0 unspecified atom stereocenters. The summed E-state index contributed by atoms with van der Waals surface area (Å²) < 4.78 is 2.75. The number of pyridine rings is 1. The molecule has 1 heterocycles. The van der Waals surface area contributed by atoms with Gasteiger partial charge in [0.05, 0.1) is 0 Å². The third kappa shape index (κ3) is 2.31. The topological polar surface area (TPSA) is 12.9 Å². The van der Waals surface area contributed by atoms with Gasteiger partial charge in [-0.25, -0.2) is 0 Å². The molecule has 0 N–H and O–H groups in total. The Labute approximate surface area is 113 Å². The summed E-state index contributed by atoms with van der Waals surface area (Å²) in [6, 6.07) is 19.3. The number of rotatable bonds is 2. The number of aromatic nitrogens is 1. The maximum atomic E-state index is 4.51. The van der Waals surface area contributed by atoms with E-state index in [1.807, 2.05) is 12.3 Å². The first-order valence-corrected chi connectivity index (χ1v) is 7.62. The van der Waals surface area contributed by atoms with Crippen LogP contribution in [-0.2, 0) is 0 Å². The van der Waals surface area contributed by atoms with Crippen LogP contribution in [0.5, 0.6) is 0 Å². The van der Waals surface area contributed by atoms with Crippen molar-refractivity contribution in [2.45, 2.75) is 6.92 Å². The summed E-state index contributed by atoms with van der Waals surface area (Å²) in [4.78, 5) is 4.51. The molecule has 1 nitrogen and oxygen atoms in total. The van der Waals surface area contributed by atoms with Crippen molar-refractivity contribution in [1.82, 2.24) is 4.98 Å². The van der Waals surface area contributed by atoms with E-state index in [0.29, 0.717) is 15.0 Å². The molecule has 1 aromatic heterocycles. The molecule has 0 saturated carbocycles. The average molecular weight is 298 g/mol. The fourth-order valence-electron chi connectivity index (χ4n) is 1.89. The summed E-state index contributed by atoms with van der Waals surface area (Å²) in [7, 11) is 0. The summed E-state index contributed by atoms with van der Waals surface area (Å²) in [5, 5.41) is 1.23. The molecule has 0 aliphatic rings. The van der Waals surface area contributed by atoms with E-state index >= 15 is 0 Å². The van der Waals surface area contributed by atoms with Crippen molar-refractivity contribution >= 4 is 34.8 Å². The molecule has 0 atom stereocenters. The molecule has 3 rings (SSSR count).